The van der Waals surface area contributed by atoms with Crippen molar-refractivity contribution in [3.63, 3.8) is 0 Å². The monoisotopic (exact) mass is 819 g/mol. The zero-order valence-corrected chi connectivity index (χ0v) is 34.8. The van der Waals surface area contributed by atoms with Crippen LogP contribution in [0.25, 0.3) is 93.5 Å². The number of aromatic nitrogens is 1. The third kappa shape index (κ3) is 6.70. The number of anilines is 3. The van der Waals surface area contributed by atoms with Gasteiger partial charge in [0.1, 0.15) is 0 Å². The number of fused-ring (bicyclic) bond motifs is 6. The van der Waals surface area contributed by atoms with Gasteiger partial charge in [-0.05, 0) is 127 Å². The number of hydrogen-bond donors (Lipinski definition) is 0. The van der Waals surface area contributed by atoms with Crippen LogP contribution >= 0.6 is 0 Å². The van der Waals surface area contributed by atoms with E-state index in [0.29, 0.717) is 5.56 Å². The molecule has 1 aromatic heterocycles. The van der Waals surface area contributed by atoms with Gasteiger partial charge in [0.15, 0.2) is 0 Å². The van der Waals surface area contributed by atoms with Gasteiger partial charge in [-0.1, -0.05) is 188 Å². The SMILES string of the molecule is [2H]c1c([2H])c([2H])c(-c2ccc(N(c3cc(-c4ccccc4)cc(-c4ccccc4)c3)c3ccc4c(c3)c3ccc5ccccc5c3n4-c3ccc(-c4ccc5ccccc5c4)cc3)cc2)c([2H])c1[2H]. The summed E-state index contributed by atoms with van der Waals surface area (Å²) < 4.78 is 44.8. The molecule has 0 saturated carbocycles. The molecule has 0 atom stereocenters. The minimum atomic E-state index is -0.410. The zero-order valence-electron chi connectivity index (χ0n) is 39.8. The third-order valence-electron chi connectivity index (χ3n) is 12.4. The maximum Gasteiger partial charge on any atom is 0.0629 e. The Morgan fingerprint density at radius 2 is 0.875 bits per heavy atom. The summed E-state index contributed by atoms with van der Waals surface area (Å²) in [6, 6.07) is 77.3. The summed E-state index contributed by atoms with van der Waals surface area (Å²) in [6.45, 7) is 0. The van der Waals surface area contributed by atoms with Gasteiger partial charge in [0.2, 0.25) is 0 Å². The van der Waals surface area contributed by atoms with E-state index in [0.717, 1.165) is 83.1 Å². The molecule has 0 aliphatic carbocycles. The van der Waals surface area contributed by atoms with Crippen molar-refractivity contribution in [3.8, 4) is 50.2 Å². The van der Waals surface area contributed by atoms with Crippen LogP contribution in [-0.2, 0) is 0 Å². The molecule has 0 fully saturated rings. The largest absolute Gasteiger partial charge is 0.310 e. The molecule has 0 unspecified atom stereocenters. The van der Waals surface area contributed by atoms with Gasteiger partial charge in [0.25, 0.3) is 0 Å². The quantitative estimate of drug-likeness (QED) is 0.148. The van der Waals surface area contributed by atoms with E-state index < -0.39 is 6.04 Å². The second kappa shape index (κ2) is 15.8. The van der Waals surface area contributed by atoms with E-state index in [9.17, 15) is 0 Å². The molecule has 0 spiro atoms. The Bertz CT molecular complexity index is 3850. The van der Waals surface area contributed by atoms with Crippen LogP contribution in [0.2, 0.25) is 0 Å². The third-order valence-corrected chi connectivity index (χ3v) is 12.4. The highest BCUT2D eigenvalue weighted by Gasteiger charge is 2.21. The Balaban J connectivity index is 1.07. The van der Waals surface area contributed by atoms with Crippen LogP contribution in [0, 0.1) is 0 Å². The maximum absolute atomic E-state index is 8.74. The Morgan fingerprint density at radius 3 is 1.59 bits per heavy atom. The van der Waals surface area contributed by atoms with Crippen LogP contribution in [0.4, 0.5) is 17.1 Å². The average Bonchev–Trinajstić information content (AvgIpc) is 3.75. The molecule has 0 radical (unpaired) electrons. The van der Waals surface area contributed by atoms with Crippen molar-refractivity contribution in [1.29, 1.82) is 0 Å². The topological polar surface area (TPSA) is 8.17 Å². The summed E-state index contributed by atoms with van der Waals surface area (Å²) in [4.78, 5) is 2.26. The van der Waals surface area contributed by atoms with Gasteiger partial charge in [0.05, 0.1) is 17.9 Å². The van der Waals surface area contributed by atoms with Crippen LogP contribution < -0.4 is 4.90 Å². The lowest BCUT2D eigenvalue weighted by Gasteiger charge is -2.27. The highest BCUT2D eigenvalue weighted by atomic mass is 15.1. The Hall–Kier alpha value is -8.46. The van der Waals surface area contributed by atoms with Gasteiger partial charge in [0, 0.05) is 38.9 Å². The molecule has 2 heteroatoms. The Kier molecular flexibility index (Phi) is 7.96. The standard InChI is InChI=1S/C62H42N2/c1-4-14-43(15-5-1)47-26-31-54(32-27-47)63(57-40-52(44-16-6-2-7-17-44)39-53(41-57)45-18-8-3-9-19-45)56-35-37-61-60(42-56)59-36-30-49-21-12-13-23-58(49)62(59)64(61)55-33-28-48(29-34-55)51-25-24-46-20-10-11-22-50(46)38-51/h1-42H/i1D,4D,5D,14D,15D. The summed E-state index contributed by atoms with van der Waals surface area (Å²) >= 11 is 0. The highest BCUT2D eigenvalue weighted by Crippen LogP contribution is 2.44. The molecule has 12 rings (SSSR count). The lowest BCUT2D eigenvalue weighted by molar-refractivity contribution is 1.18. The van der Waals surface area contributed by atoms with Gasteiger partial charge in [-0.2, -0.15) is 0 Å². The molecule has 0 amide bonds. The molecule has 0 saturated heterocycles. The molecule has 64 heavy (non-hydrogen) atoms. The maximum atomic E-state index is 8.74. The predicted octanol–water partition coefficient (Wildman–Crippen LogP) is 17.2. The van der Waals surface area contributed by atoms with Crippen molar-refractivity contribution >= 4 is 60.4 Å². The van der Waals surface area contributed by atoms with Crippen LogP contribution in [0.15, 0.2) is 255 Å². The molecule has 0 N–H and O–H groups in total. The molecule has 11 aromatic carbocycles. The first kappa shape index (κ1) is 32.3. The van der Waals surface area contributed by atoms with Gasteiger partial charge < -0.3 is 9.47 Å². The summed E-state index contributed by atoms with van der Waals surface area (Å²) in [7, 11) is 0. The van der Waals surface area contributed by atoms with E-state index in [1.807, 2.05) is 36.4 Å². The van der Waals surface area contributed by atoms with Crippen LogP contribution in [0.1, 0.15) is 6.85 Å². The summed E-state index contributed by atoms with van der Waals surface area (Å²) in [5.41, 5.74) is 13.3. The number of nitrogens with zero attached hydrogens (tertiary/aromatic N) is 2. The average molecular weight is 820 g/mol. The van der Waals surface area contributed by atoms with E-state index in [1.54, 1.807) is 0 Å². The minimum absolute atomic E-state index is 0.170. The van der Waals surface area contributed by atoms with Crippen LogP contribution in [0.5, 0.6) is 0 Å². The molecule has 0 bridgehead atoms. The fourth-order valence-electron chi connectivity index (χ4n) is 9.30. The Labute approximate surface area is 380 Å². The number of hydrogen-bond acceptors (Lipinski definition) is 1. The fourth-order valence-corrected chi connectivity index (χ4v) is 9.30. The molecule has 0 aliphatic heterocycles. The van der Waals surface area contributed by atoms with Crippen molar-refractivity contribution in [2.45, 2.75) is 0 Å². The van der Waals surface area contributed by atoms with E-state index in [-0.39, 0.29) is 29.7 Å². The van der Waals surface area contributed by atoms with E-state index >= 15 is 0 Å². The number of rotatable bonds is 8. The molecular formula is C62H42N2. The number of benzene rings is 11. The van der Waals surface area contributed by atoms with Crippen molar-refractivity contribution < 1.29 is 6.85 Å². The fraction of sp³-hybridized carbons (Fsp3) is 0. The van der Waals surface area contributed by atoms with Crippen LogP contribution in [0.3, 0.4) is 0 Å². The van der Waals surface area contributed by atoms with Gasteiger partial charge >= 0.3 is 0 Å². The smallest absolute Gasteiger partial charge is 0.0629 e. The normalized spacial score (nSPS) is 12.5. The van der Waals surface area contributed by atoms with E-state index in [4.69, 9.17) is 6.85 Å². The predicted molar refractivity (Wildman–Crippen MR) is 272 cm³/mol. The lowest BCUT2D eigenvalue weighted by Crippen LogP contribution is -2.10. The first-order valence-corrected chi connectivity index (χ1v) is 21.6. The molecule has 12 aromatic rings. The highest BCUT2D eigenvalue weighted by molar-refractivity contribution is 6.19. The molecule has 1 heterocycles. The zero-order chi connectivity index (χ0) is 46.8. The molecular weight excluding hydrogens is 773 g/mol. The summed E-state index contributed by atoms with van der Waals surface area (Å²) in [5, 5.41) is 6.98. The van der Waals surface area contributed by atoms with E-state index in [1.165, 1.54) is 16.3 Å². The molecule has 0 aliphatic rings. The first-order chi connectivity index (χ1) is 33.8. The van der Waals surface area contributed by atoms with Gasteiger partial charge in [-0.3, -0.25) is 0 Å². The lowest BCUT2D eigenvalue weighted by atomic mass is 9.97. The van der Waals surface area contributed by atoms with Gasteiger partial charge in [-0.25, -0.2) is 0 Å². The van der Waals surface area contributed by atoms with Crippen molar-refractivity contribution in [2.75, 3.05) is 4.90 Å². The van der Waals surface area contributed by atoms with Gasteiger partial charge in [-0.15, -0.1) is 0 Å². The minimum Gasteiger partial charge on any atom is -0.310 e. The summed E-state index contributed by atoms with van der Waals surface area (Å²) in [6.07, 6.45) is 0. The van der Waals surface area contributed by atoms with E-state index in [2.05, 4.69) is 198 Å². The molecule has 2 nitrogen and oxygen atoms in total. The molecule has 300 valence electrons. The van der Waals surface area contributed by atoms with Crippen molar-refractivity contribution in [3.05, 3.63) is 255 Å². The van der Waals surface area contributed by atoms with Crippen molar-refractivity contribution in [2.24, 2.45) is 0 Å². The first-order valence-electron chi connectivity index (χ1n) is 24.1. The van der Waals surface area contributed by atoms with Crippen molar-refractivity contribution in [1.82, 2.24) is 4.57 Å². The Morgan fingerprint density at radius 1 is 0.312 bits per heavy atom. The second-order valence-electron chi connectivity index (χ2n) is 16.2. The summed E-state index contributed by atoms with van der Waals surface area (Å²) in [5.74, 6) is 0. The second-order valence-corrected chi connectivity index (χ2v) is 16.2. The van der Waals surface area contributed by atoms with Crippen LogP contribution in [-0.4, -0.2) is 4.57 Å².